The number of rotatable bonds is 2. The number of nitrogens with zero attached hydrogens (tertiary/aromatic N) is 1. The number of nitrogens with two attached hydrogens (primary N) is 1. The lowest BCUT2D eigenvalue weighted by molar-refractivity contribution is -0.119. The Bertz CT molecular complexity index is 531. The Morgan fingerprint density at radius 3 is 2.95 bits per heavy atom. The number of hydrogen-bond acceptors (Lipinski definition) is 4. The molecule has 3 rings (SSSR count). The predicted octanol–water partition coefficient (Wildman–Crippen LogP) is 1.04. The van der Waals surface area contributed by atoms with Gasteiger partial charge < -0.3 is 10.5 Å². The van der Waals surface area contributed by atoms with E-state index in [9.17, 15) is 9.59 Å². The molecule has 1 aliphatic heterocycles. The highest BCUT2D eigenvalue weighted by molar-refractivity contribution is 6.22. The van der Waals surface area contributed by atoms with Gasteiger partial charge in [0, 0.05) is 11.6 Å². The van der Waals surface area contributed by atoms with Crippen molar-refractivity contribution in [3.8, 4) is 0 Å². The fraction of sp³-hybridized carbons (Fsp3) is 0.500. The van der Waals surface area contributed by atoms with Crippen molar-refractivity contribution in [1.29, 1.82) is 0 Å². The van der Waals surface area contributed by atoms with E-state index in [2.05, 4.69) is 4.99 Å². The Morgan fingerprint density at radius 1 is 1.37 bits per heavy atom. The van der Waals surface area contributed by atoms with Crippen LogP contribution in [0.2, 0.25) is 0 Å². The average Bonchev–Trinajstić information content (AvgIpc) is 2.37. The Kier molecular flexibility index (Phi) is 2.97. The van der Waals surface area contributed by atoms with Crippen molar-refractivity contribution in [3.63, 3.8) is 0 Å². The number of fused-ring (bicyclic) bond motifs is 2. The van der Waals surface area contributed by atoms with Crippen LogP contribution in [0.3, 0.4) is 0 Å². The molecule has 2 atom stereocenters. The lowest BCUT2D eigenvalue weighted by Gasteiger charge is -2.35. The number of ether oxygens (including phenoxy) is 1. The molecule has 2 aliphatic carbocycles. The first-order chi connectivity index (χ1) is 9.13. The van der Waals surface area contributed by atoms with E-state index in [1.54, 1.807) is 6.08 Å². The third-order valence-electron chi connectivity index (χ3n) is 3.76. The molecule has 0 saturated heterocycles. The summed E-state index contributed by atoms with van der Waals surface area (Å²) in [4.78, 5) is 27.5. The summed E-state index contributed by atoms with van der Waals surface area (Å²) in [5.41, 5.74) is 6.21. The van der Waals surface area contributed by atoms with Crippen LogP contribution in [0, 0.1) is 0 Å². The molecule has 5 nitrogen and oxygen atoms in total. The van der Waals surface area contributed by atoms with Crippen molar-refractivity contribution in [2.45, 2.75) is 44.2 Å². The standard InChI is InChI=1S/C14H16N2O3/c15-14(18)6-8-5-10-13(7-11(8)17)19-12-4-2-1-3-9(12)16-10/h5,7,9,12H,1-4,6H2,(H2,15,18)/t9-,12-/m1/s1. The number of amides is 1. The molecular weight excluding hydrogens is 244 g/mol. The van der Waals surface area contributed by atoms with E-state index in [0.717, 1.165) is 25.7 Å². The highest BCUT2D eigenvalue weighted by Crippen LogP contribution is 2.32. The smallest absolute Gasteiger partial charge is 0.221 e. The van der Waals surface area contributed by atoms with Gasteiger partial charge in [-0.1, -0.05) is 6.42 Å². The Labute approximate surface area is 111 Å². The van der Waals surface area contributed by atoms with Gasteiger partial charge in [0.15, 0.2) is 5.78 Å². The van der Waals surface area contributed by atoms with Crippen LogP contribution in [0.1, 0.15) is 32.1 Å². The molecule has 0 unspecified atom stereocenters. The van der Waals surface area contributed by atoms with Crippen molar-refractivity contribution < 1.29 is 14.3 Å². The molecule has 0 aromatic carbocycles. The summed E-state index contributed by atoms with van der Waals surface area (Å²) in [5, 5.41) is 0. The van der Waals surface area contributed by atoms with Gasteiger partial charge in [-0.2, -0.15) is 0 Å². The first-order valence-electron chi connectivity index (χ1n) is 6.63. The lowest BCUT2D eigenvalue weighted by Crippen LogP contribution is -2.37. The number of primary amides is 1. The SMILES string of the molecule is NC(=O)CC1=CC2=N[C@@H]3CCCC[C@H]3OC2=CC1=O. The zero-order chi connectivity index (χ0) is 13.4. The maximum absolute atomic E-state index is 11.9. The molecule has 1 saturated carbocycles. The summed E-state index contributed by atoms with van der Waals surface area (Å²) in [6.07, 6.45) is 7.46. The van der Waals surface area contributed by atoms with E-state index in [4.69, 9.17) is 10.5 Å². The van der Waals surface area contributed by atoms with Crippen molar-refractivity contribution >= 4 is 17.4 Å². The number of ketones is 1. The fourth-order valence-electron chi connectivity index (χ4n) is 2.82. The minimum atomic E-state index is -0.510. The molecule has 19 heavy (non-hydrogen) atoms. The third-order valence-corrected chi connectivity index (χ3v) is 3.76. The highest BCUT2D eigenvalue weighted by atomic mass is 16.5. The first-order valence-corrected chi connectivity index (χ1v) is 6.63. The zero-order valence-corrected chi connectivity index (χ0v) is 10.6. The lowest BCUT2D eigenvalue weighted by atomic mass is 9.90. The molecule has 5 heteroatoms. The molecule has 1 fully saturated rings. The van der Waals surface area contributed by atoms with Gasteiger partial charge in [0.05, 0.1) is 12.5 Å². The van der Waals surface area contributed by atoms with Gasteiger partial charge >= 0.3 is 0 Å². The largest absolute Gasteiger partial charge is 0.486 e. The second-order valence-corrected chi connectivity index (χ2v) is 5.21. The van der Waals surface area contributed by atoms with E-state index >= 15 is 0 Å². The molecule has 0 bridgehead atoms. The average molecular weight is 260 g/mol. The van der Waals surface area contributed by atoms with Crippen molar-refractivity contribution in [1.82, 2.24) is 0 Å². The molecule has 1 amide bonds. The molecular formula is C14H16N2O3. The number of carbonyl (C=O) groups excluding carboxylic acids is 2. The summed E-state index contributed by atoms with van der Waals surface area (Å²) in [6, 6.07) is 0.181. The van der Waals surface area contributed by atoms with Gasteiger partial charge in [-0.25, -0.2) is 0 Å². The van der Waals surface area contributed by atoms with Crippen molar-refractivity contribution in [2.24, 2.45) is 10.7 Å². The minimum absolute atomic E-state index is 0.0459. The van der Waals surface area contributed by atoms with Gasteiger partial charge in [-0.3, -0.25) is 14.6 Å². The van der Waals surface area contributed by atoms with E-state index in [1.165, 1.54) is 6.08 Å². The molecule has 0 aromatic rings. The van der Waals surface area contributed by atoms with Crippen molar-refractivity contribution in [2.75, 3.05) is 0 Å². The van der Waals surface area contributed by atoms with Crippen LogP contribution in [-0.4, -0.2) is 29.5 Å². The number of allylic oxidation sites excluding steroid dienone is 2. The van der Waals surface area contributed by atoms with E-state index in [1.807, 2.05) is 0 Å². The van der Waals surface area contributed by atoms with E-state index in [0.29, 0.717) is 17.0 Å². The topological polar surface area (TPSA) is 81.8 Å². The molecule has 0 aromatic heterocycles. The molecule has 1 heterocycles. The van der Waals surface area contributed by atoms with E-state index < -0.39 is 5.91 Å². The second kappa shape index (κ2) is 4.64. The Balaban J connectivity index is 1.90. The Morgan fingerprint density at radius 2 is 2.16 bits per heavy atom. The van der Waals surface area contributed by atoms with Crippen LogP contribution in [0.5, 0.6) is 0 Å². The summed E-state index contributed by atoms with van der Waals surface area (Å²) in [6.45, 7) is 0. The van der Waals surface area contributed by atoms with Gasteiger partial charge in [0.1, 0.15) is 17.6 Å². The third kappa shape index (κ3) is 2.32. The van der Waals surface area contributed by atoms with Gasteiger partial charge in [-0.15, -0.1) is 0 Å². The molecule has 3 aliphatic rings. The molecule has 0 radical (unpaired) electrons. The summed E-state index contributed by atoms with van der Waals surface area (Å²) in [7, 11) is 0. The van der Waals surface area contributed by atoms with Crippen LogP contribution >= 0.6 is 0 Å². The van der Waals surface area contributed by atoms with Crippen molar-refractivity contribution in [3.05, 3.63) is 23.5 Å². The Hall–Kier alpha value is -1.91. The minimum Gasteiger partial charge on any atom is -0.486 e. The van der Waals surface area contributed by atoms with E-state index in [-0.39, 0.29) is 24.3 Å². The maximum Gasteiger partial charge on any atom is 0.221 e. The maximum atomic E-state index is 11.9. The summed E-state index contributed by atoms with van der Waals surface area (Å²) < 4.78 is 5.87. The fourth-order valence-corrected chi connectivity index (χ4v) is 2.82. The second-order valence-electron chi connectivity index (χ2n) is 5.21. The molecule has 2 N–H and O–H groups in total. The van der Waals surface area contributed by atoms with Gasteiger partial charge in [0.25, 0.3) is 0 Å². The van der Waals surface area contributed by atoms with Crippen LogP contribution in [0.25, 0.3) is 0 Å². The monoisotopic (exact) mass is 260 g/mol. The van der Waals surface area contributed by atoms with Crippen LogP contribution in [0.4, 0.5) is 0 Å². The van der Waals surface area contributed by atoms with Gasteiger partial charge in [0.2, 0.25) is 5.91 Å². The van der Waals surface area contributed by atoms with Crippen LogP contribution in [0.15, 0.2) is 28.5 Å². The van der Waals surface area contributed by atoms with Crippen LogP contribution in [-0.2, 0) is 14.3 Å². The normalized spacial score (nSPS) is 29.3. The highest BCUT2D eigenvalue weighted by Gasteiger charge is 2.34. The summed E-state index contributed by atoms with van der Waals surface area (Å²) in [5.74, 6) is -0.173. The predicted molar refractivity (Wildman–Crippen MR) is 69.5 cm³/mol. The number of carbonyl (C=O) groups is 2. The number of hydrogen-bond donors (Lipinski definition) is 1. The first kappa shape index (κ1) is 12.1. The molecule has 0 spiro atoms. The van der Waals surface area contributed by atoms with Crippen LogP contribution < -0.4 is 5.73 Å². The number of aliphatic imine (C=N–C) groups is 1. The van der Waals surface area contributed by atoms with Gasteiger partial charge in [-0.05, 0) is 25.3 Å². The summed E-state index contributed by atoms with van der Waals surface area (Å²) >= 11 is 0. The quantitative estimate of drug-likeness (QED) is 0.753. The molecule has 100 valence electrons. The zero-order valence-electron chi connectivity index (χ0n) is 10.6.